The van der Waals surface area contributed by atoms with Gasteiger partial charge in [-0.1, -0.05) is 6.92 Å². The third-order valence-corrected chi connectivity index (χ3v) is 4.32. The fourth-order valence-corrected chi connectivity index (χ4v) is 3.33. The van der Waals surface area contributed by atoms with Crippen LogP contribution >= 0.6 is 0 Å². The van der Waals surface area contributed by atoms with Crippen LogP contribution in [0.25, 0.3) is 0 Å². The summed E-state index contributed by atoms with van der Waals surface area (Å²) in [5, 5.41) is 0. The minimum Gasteiger partial charge on any atom is -0.298 e. The predicted molar refractivity (Wildman–Crippen MR) is 58.4 cm³/mol. The topological polar surface area (TPSA) is 6.48 Å². The average molecular weight is 194 g/mol. The Morgan fingerprint density at radius 1 is 1.07 bits per heavy atom. The van der Waals surface area contributed by atoms with Gasteiger partial charge in [0.25, 0.3) is 0 Å². The van der Waals surface area contributed by atoms with Crippen molar-refractivity contribution in [2.24, 2.45) is 0 Å². The van der Waals surface area contributed by atoms with Crippen LogP contribution in [-0.4, -0.2) is 47.6 Å². The lowest BCUT2D eigenvalue weighted by Gasteiger charge is -2.43. The lowest BCUT2D eigenvalue weighted by Crippen LogP contribution is -2.56. The number of nitrogens with zero attached hydrogens (tertiary/aromatic N) is 2. The monoisotopic (exact) mass is 194 g/mol. The molecule has 2 saturated heterocycles. The van der Waals surface area contributed by atoms with Crippen LogP contribution in [-0.2, 0) is 0 Å². The van der Waals surface area contributed by atoms with Gasteiger partial charge >= 0.3 is 0 Å². The molecule has 0 N–H and O–H groups in total. The molecule has 0 bridgehead atoms. The van der Waals surface area contributed by atoms with Gasteiger partial charge in [-0.05, 0) is 38.6 Å². The Hall–Kier alpha value is -0.0800. The molecule has 0 amide bonds. The molecule has 0 aromatic carbocycles. The van der Waals surface area contributed by atoms with Crippen molar-refractivity contribution in [3.05, 3.63) is 0 Å². The van der Waals surface area contributed by atoms with E-state index in [4.69, 9.17) is 0 Å². The third kappa shape index (κ3) is 1.49. The van der Waals surface area contributed by atoms with Crippen LogP contribution in [0.3, 0.4) is 0 Å². The molecule has 2 heterocycles. The molecule has 2 heteroatoms. The van der Waals surface area contributed by atoms with Crippen molar-refractivity contribution in [1.29, 1.82) is 0 Å². The Bertz CT molecular complexity index is 212. The van der Waals surface area contributed by atoms with Crippen molar-refractivity contribution in [1.82, 2.24) is 9.80 Å². The van der Waals surface area contributed by atoms with Crippen LogP contribution in [0.15, 0.2) is 0 Å². The minimum absolute atomic E-state index is 0.872. The van der Waals surface area contributed by atoms with E-state index in [-0.39, 0.29) is 0 Å². The van der Waals surface area contributed by atoms with Crippen molar-refractivity contribution in [3.63, 3.8) is 0 Å². The largest absolute Gasteiger partial charge is 0.298 e. The molecule has 0 aromatic heterocycles. The molecule has 80 valence electrons. The van der Waals surface area contributed by atoms with Crippen LogP contribution < -0.4 is 0 Å². The maximum Gasteiger partial charge on any atom is 0.0224 e. The van der Waals surface area contributed by atoms with Crippen LogP contribution in [0.5, 0.6) is 0 Å². The second-order valence-corrected chi connectivity index (χ2v) is 5.28. The summed E-state index contributed by atoms with van der Waals surface area (Å²) in [5.74, 6) is 0. The van der Waals surface area contributed by atoms with Gasteiger partial charge in [0.1, 0.15) is 0 Å². The van der Waals surface area contributed by atoms with Gasteiger partial charge in [0.05, 0.1) is 0 Å². The minimum atomic E-state index is 0.872. The zero-order valence-corrected chi connectivity index (χ0v) is 9.28. The maximum absolute atomic E-state index is 2.83. The molecular weight excluding hydrogens is 172 g/mol. The summed E-state index contributed by atoms with van der Waals surface area (Å²) in [6, 6.07) is 2.76. The van der Waals surface area contributed by atoms with E-state index in [1.807, 2.05) is 0 Å². The van der Waals surface area contributed by atoms with E-state index in [1.165, 1.54) is 51.7 Å². The van der Waals surface area contributed by atoms with Gasteiger partial charge in [-0.2, -0.15) is 0 Å². The second-order valence-electron chi connectivity index (χ2n) is 5.28. The quantitative estimate of drug-likeness (QED) is 0.660. The second kappa shape index (κ2) is 3.49. The summed E-state index contributed by atoms with van der Waals surface area (Å²) in [7, 11) is 0. The summed E-state index contributed by atoms with van der Waals surface area (Å²) >= 11 is 0. The first kappa shape index (κ1) is 9.17. The van der Waals surface area contributed by atoms with Gasteiger partial charge in [0.15, 0.2) is 0 Å². The SMILES string of the molecule is CCC1CN2CCCC2CN1C1CC1. The lowest BCUT2D eigenvalue weighted by atomic mass is 10.1. The summed E-state index contributed by atoms with van der Waals surface area (Å²) in [5.41, 5.74) is 0. The predicted octanol–water partition coefficient (Wildman–Crippen LogP) is 1.71. The highest BCUT2D eigenvalue weighted by Crippen LogP contribution is 2.34. The van der Waals surface area contributed by atoms with Gasteiger partial charge in [0.2, 0.25) is 0 Å². The standard InChI is InChI=1S/C12H22N2/c1-2-10-8-13-7-3-4-12(13)9-14(10)11-5-6-11/h10-12H,2-9H2,1H3. The van der Waals surface area contributed by atoms with Crippen molar-refractivity contribution < 1.29 is 0 Å². The number of piperazine rings is 1. The van der Waals surface area contributed by atoms with Crippen molar-refractivity contribution in [2.45, 2.75) is 57.2 Å². The molecular formula is C12H22N2. The Morgan fingerprint density at radius 3 is 2.64 bits per heavy atom. The Balaban J connectivity index is 1.71. The number of hydrogen-bond donors (Lipinski definition) is 0. The van der Waals surface area contributed by atoms with E-state index in [9.17, 15) is 0 Å². The van der Waals surface area contributed by atoms with Gasteiger partial charge in [-0.15, -0.1) is 0 Å². The van der Waals surface area contributed by atoms with Crippen LogP contribution in [0, 0.1) is 0 Å². The highest BCUT2D eigenvalue weighted by Gasteiger charge is 2.41. The van der Waals surface area contributed by atoms with Crippen molar-refractivity contribution in [3.8, 4) is 0 Å². The van der Waals surface area contributed by atoms with E-state index < -0.39 is 0 Å². The van der Waals surface area contributed by atoms with E-state index >= 15 is 0 Å². The van der Waals surface area contributed by atoms with Gasteiger partial charge in [-0.25, -0.2) is 0 Å². The van der Waals surface area contributed by atoms with Crippen LogP contribution in [0.2, 0.25) is 0 Å². The zero-order chi connectivity index (χ0) is 9.54. The van der Waals surface area contributed by atoms with E-state index in [1.54, 1.807) is 0 Å². The molecule has 2 unspecified atom stereocenters. The molecule has 3 aliphatic rings. The lowest BCUT2D eigenvalue weighted by molar-refractivity contribution is 0.0434. The number of fused-ring (bicyclic) bond motifs is 1. The number of hydrogen-bond acceptors (Lipinski definition) is 2. The van der Waals surface area contributed by atoms with Gasteiger partial charge < -0.3 is 0 Å². The summed E-state index contributed by atoms with van der Waals surface area (Å²) < 4.78 is 0. The summed E-state index contributed by atoms with van der Waals surface area (Å²) in [6.07, 6.45) is 7.20. The highest BCUT2D eigenvalue weighted by molar-refractivity contribution is 4.97. The molecule has 1 saturated carbocycles. The summed E-state index contributed by atoms with van der Waals surface area (Å²) in [6.45, 7) is 6.47. The Morgan fingerprint density at radius 2 is 1.93 bits per heavy atom. The third-order valence-electron chi connectivity index (χ3n) is 4.32. The first-order chi connectivity index (χ1) is 6.88. The van der Waals surface area contributed by atoms with E-state index in [0.29, 0.717) is 0 Å². The van der Waals surface area contributed by atoms with E-state index in [2.05, 4.69) is 16.7 Å². The van der Waals surface area contributed by atoms with Crippen LogP contribution in [0.4, 0.5) is 0 Å². The smallest absolute Gasteiger partial charge is 0.0224 e. The molecule has 14 heavy (non-hydrogen) atoms. The Labute approximate surface area is 87.3 Å². The highest BCUT2D eigenvalue weighted by atomic mass is 15.3. The molecule has 0 aromatic rings. The molecule has 0 spiro atoms. The molecule has 2 atom stereocenters. The fraction of sp³-hybridized carbons (Fsp3) is 1.00. The van der Waals surface area contributed by atoms with Crippen LogP contribution in [0.1, 0.15) is 39.0 Å². The van der Waals surface area contributed by atoms with E-state index in [0.717, 1.165) is 18.1 Å². The molecule has 3 rings (SSSR count). The molecule has 2 nitrogen and oxygen atoms in total. The van der Waals surface area contributed by atoms with Crippen molar-refractivity contribution >= 4 is 0 Å². The first-order valence-electron chi connectivity index (χ1n) is 6.38. The zero-order valence-electron chi connectivity index (χ0n) is 9.28. The number of rotatable bonds is 2. The van der Waals surface area contributed by atoms with Crippen molar-refractivity contribution in [2.75, 3.05) is 19.6 Å². The molecule has 2 aliphatic heterocycles. The normalized spacial score (nSPS) is 40.1. The Kier molecular flexibility index (Phi) is 2.29. The molecule has 0 radical (unpaired) electrons. The van der Waals surface area contributed by atoms with Gasteiger partial charge in [0, 0.05) is 31.2 Å². The fourth-order valence-electron chi connectivity index (χ4n) is 3.33. The first-order valence-corrected chi connectivity index (χ1v) is 6.38. The molecule has 3 fully saturated rings. The maximum atomic E-state index is 2.83. The van der Waals surface area contributed by atoms with Gasteiger partial charge in [-0.3, -0.25) is 9.80 Å². The summed E-state index contributed by atoms with van der Waals surface area (Å²) in [4.78, 5) is 5.57. The molecule has 1 aliphatic carbocycles. The average Bonchev–Trinajstić information content (AvgIpc) is 2.95.